The molecular formula is C13H12F3N3O2. The fourth-order valence-electron chi connectivity index (χ4n) is 2.00. The van der Waals surface area contributed by atoms with Crippen molar-refractivity contribution in [2.75, 3.05) is 0 Å². The molecule has 21 heavy (non-hydrogen) atoms. The number of carboxylic acids is 1. The number of carbonyl (C=O) groups is 1. The highest BCUT2D eigenvalue weighted by Crippen LogP contribution is 2.37. The van der Waals surface area contributed by atoms with E-state index in [1.54, 1.807) is 0 Å². The molecule has 1 aromatic heterocycles. The van der Waals surface area contributed by atoms with Crippen LogP contribution in [0.2, 0.25) is 0 Å². The third-order valence-electron chi connectivity index (χ3n) is 3.18. The molecule has 0 fully saturated rings. The Morgan fingerprint density at radius 2 is 1.71 bits per heavy atom. The van der Waals surface area contributed by atoms with Crippen molar-refractivity contribution in [3.63, 3.8) is 0 Å². The summed E-state index contributed by atoms with van der Waals surface area (Å²) in [6.07, 6.45) is -1.66. The Hall–Kier alpha value is -2.38. The van der Waals surface area contributed by atoms with Crippen molar-refractivity contribution in [1.29, 1.82) is 0 Å². The van der Waals surface area contributed by atoms with Gasteiger partial charge in [-0.1, -0.05) is 19.1 Å². The molecule has 2 atom stereocenters. The van der Waals surface area contributed by atoms with E-state index in [2.05, 4.69) is 10.2 Å². The summed E-state index contributed by atoms with van der Waals surface area (Å²) in [5.74, 6) is -5.14. The van der Waals surface area contributed by atoms with Crippen LogP contribution in [-0.4, -0.2) is 32.2 Å². The normalized spacial score (nSPS) is 14.7. The number of aromatic nitrogens is 3. The van der Waals surface area contributed by atoms with E-state index < -0.39 is 24.0 Å². The van der Waals surface area contributed by atoms with Crippen LogP contribution in [-0.2, 0) is 4.79 Å². The number of aliphatic carboxylic acids is 1. The van der Waals surface area contributed by atoms with Crippen LogP contribution in [0.3, 0.4) is 0 Å². The van der Waals surface area contributed by atoms with Gasteiger partial charge in [-0.05, 0) is 17.7 Å². The van der Waals surface area contributed by atoms with Crippen LogP contribution < -0.4 is 0 Å². The predicted molar refractivity (Wildman–Crippen MR) is 67.0 cm³/mol. The van der Waals surface area contributed by atoms with Crippen LogP contribution >= 0.6 is 0 Å². The molecule has 0 amide bonds. The maximum absolute atomic E-state index is 12.8. The molecule has 0 radical (unpaired) electrons. The van der Waals surface area contributed by atoms with Crippen molar-refractivity contribution in [2.24, 2.45) is 5.92 Å². The van der Waals surface area contributed by atoms with E-state index >= 15 is 0 Å². The number of alkyl halides is 3. The van der Waals surface area contributed by atoms with Crippen molar-refractivity contribution in [3.05, 3.63) is 42.2 Å². The van der Waals surface area contributed by atoms with Crippen LogP contribution in [0.5, 0.6) is 0 Å². The number of carboxylic acid groups (broad SMARTS) is 1. The third-order valence-corrected chi connectivity index (χ3v) is 3.18. The molecule has 8 heteroatoms. The maximum Gasteiger partial charge on any atom is 0.392 e. The minimum absolute atomic E-state index is 0.0863. The molecule has 1 N–H and O–H groups in total. The first kappa shape index (κ1) is 15.0. The van der Waals surface area contributed by atoms with Gasteiger partial charge in [0.05, 0.1) is 29.9 Å². The molecular weight excluding hydrogens is 287 g/mol. The first-order valence-electron chi connectivity index (χ1n) is 6.07. The second-order valence-corrected chi connectivity index (χ2v) is 4.56. The van der Waals surface area contributed by atoms with Gasteiger partial charge in [-0.25, -0.2) is 0 Å². The summed E-state index contributed by atoms with van der Waals surface area (Å²) in [6.45, 7) is 0.863. The van der Waals surface area contributed by atoms with Crippen LogP contribution in [0.1, 0.15) is 18.4 Å². The van der Waals surface area contributed by atoms with Gasteiger partial charge >= 0.3 is 12.1 Å². The highest BCUT2D eigenvalue weighted by Gasteiger charge is 2.44. The van der Waals surface area contributed by atoms with Crippen molar-refractivity contribution >= 4 is 5.97 Å². The Labute approximate surface area is 118 Å². The molecule has 0 bridgehead atoms. The Kier molecular flexibility index (Phi) is 3.97. The number of benzene rings is 1. The lowest BCUT2D eigenvalue weighted by molar-refractivity contribution is -0.183. The summed E-state index contributed by atoms with van der Waals surface area (Å²) in [4.78, 5) is 12.5. The van der Waals surface area contributed by atoms with Crippen molar-refractivity contribution in [2.45, 2.75) is 19.0 Å². The summed E-state index contributed by atoms with van der Waals surface area (Å²) in [5, 5.41) is 16.8. The topological polar surface area (TPSA) is 68.0 Å². The Morgan fingerprint density at radius 1 is 1.19 bits per heavy atom. The third kappa shape index (κ3) is 3.21. The van der Waals surface area contributed by atoms with E-state index in [0.29, 0.717) is 5.69 Å². The molecule has 112 valence electrons. The number of hydrogen-bond acceptors (Lipinski definition) is 3. The second kappa shape index (κ2) is 5.55. The van der Waals surface area contributed by atoms with E-state index in [9.17, 15) is 18.0 Å². The molecule has 2 aromatic rings. The van der Waals surface area contributed by atoms with Gasteiger partial charge in [0.15, 0.2) is 0 Å². The predicted octanol–water partition coefficient (Wildman–Crippen LogP) is 2.63. The average molecular weight is 299 g/mol. The molecule has 1 aromatic carbocycles. The number of halogens is 3. The van der Waals surface area contributed by atoms with Crippen LogP contribution in [0.4, 0.5) is 13.2 Å². The van der Waals surface area contributed by atoms with Crippen molar-refractivity contribution in [3.8, 4) is 5.69 Å². The highest BCUT2D eigenvalue weighted by atomic mass is 19.4. The van der Waals surface area contributed by atoms with E-state index in [1.165, 1.54) is 41.5 Å². The zero-order chi connectivity index (χ0) is 15.6. The van der Waals surface area contributed by atoms with Crippen LogP contribution in [0.25, 0.3) is 5.69 Å². The van der Waals surface area contributed by atoms with Crippen LogP contribution in [0, 0.1) is 5.92 Å². The van der Waals surface area contributed by atoms with E-state index in [-0.39, 0.29) is 5.56 Å². The summed E-state index contributed by atoms with van der Waals surface area (Å²) < 4.78 is 38.3. The Bertz CT molecular complexity index is 609. The van der Waals surface area contributed by atoms with Gasteiger partial charge < -0.3 is 5.11 Å². The summed E-state index contributed by atoms with van der Waals surface area (Å²) >= 11 is 0. The fraction of sp³-hybridized carbons (Fsp3) is 0.308. The number of rotatable bonds is 4. The SMILES string of the molecule is C[C@H]([C@H](C(=O)O)c1ccc(-n2nccn2)cc1)C(F)(F)F. The molecule has 0 spiro atoms. The summed E-state index contributed by atoms with van der Waals surface area (Å²) in [6, 6.07) is 5.65. The maximum atomic E-state index is 12.8. The molecule has 0 aliphatic heterocycles. The summed E-state index contributed by atoms with van der Waals surface area (Å²) in [5.41, 5.74) is 0.621. The average Bonchev–Trinajstić information content (AvgIpc) is 2.92. The van der Waals surface area contributed by atoms with Gasteiger partial charge in [0, 0.05) is 0 Å². The molecule has 2 rings (SSSR count). The highest BCUT2D eigenvalue weighted by molar-refractivity contribution is 5.76. The van der Waals surface area contributed by atoms with Gasteiger partial charge in [0.1, 0.15) is 0 Å². The minimum atomic E-state index is -4.58. The van der Waals surface area contributed by atoms with Gasteiger partial charge in [-0.15, -0.1) is 0 Å². The van der Waals surface area contributed by atoms with E-state index in [4.69, 9.17) is 5.11 Å². The lowest BCUT2D eigenvalue weighted by Gasteiger charge is -2.23. The Morgan fingerprint density at radius 3 is 2.14 bits per heavy atom. The smallest absolute Gasteiger partial charge is 0.392 e. The summed E-state index contributed by atoms with van der Waals surface area (Å²) in [7, 11) is 0. The quantitative estimate of drug-likeness (QED) is 0.942. The molecule has 0 saturated heterocycles. The molecule has 0 saturated carbocycles. The lowest BCUT2D eigenvalue weighted by atomic mass is 9.87. The zero-order valence-corrected chi connectivity index (χ0v) is 10.9. The minimum Gasteiger partial charge on any atom is -0.481 e. The van der Waals surface area contributed by atoms with Gasteiger partial charge in [-0.3, -0.25) is 4.79 Å². The van der Waals surface area contributed by atoms with Gasteiger partial charge in [-0.2, -0.15) is 28.2 Å². The standard InChI is InChI=1S/C13H12F3N3O2/c1-8(13(14,15)16)11(12(20)21)9-2-4-10(5-3-9)19-17-6-7-18-19/h2-8,11H,1H3,(H,20,21)/t8-,11+/m1/s1. The molecule has 0 aliphatic carbocycles. The van der Waals surface area contributed by atoms with E-state index in [1.807, 2.05) is 0 Å². The second-order valence-electron chi connectivity index (χ2n) is 4.56. The molecule has 0 unspecified atom stereocenters. The first-order valence-corrected chi connectivity index (χ1v) is 6.07. The van der Waals surface area contributed by atoms with E-state index in [0.717, 1.165) is 6.92 Å². The number of nitrogens with zero attached hydrogens (tertiary/aromatic N) is 3. The largest absolute Gasteiger partial charge is 0.481 e. The lowest BCUT2D eigenvalue weighted by Crippen LogP contribution is -2.31. The van der Waals surface area contributed by atoms with Gasteiger partial charge in [0.25, 0.3) is 0 Å². The van der Waals surface area contributed by atoms with Gasteiger partial charge in [0.2, 0.25) is 0 Å². The first-order chi connectivity index (χ1) is 9.80. The fourth-order valence-corrected chi connectivity index (χ4v) is 2.00. The van der Waals surface area contributed by atoms with Crippen molar-refractivity contribution in [1.82, 2.24) is 15.0 Å². The molecule has 5 nitrogen and oxygen atoms in total. The zero-order valence-electron chi connectivity index (χ0n) is 10.9. The molecule has 1 heterocycles. The number of hydrogen-bond donors (Lipinski definition) is 1. The molecule has 0 aliphatic rings. The van der Waals surface area contributed by atoms with Crippen molar-refractivity contribution < 1.29 is 23.1 Å². The Balaban J connectivity index is 2.32. The van der Waals surface area contributed by atoms with Crippen LogP contribution in [0.15, 0.2) is 36.7 Å². The monoisotopic (exact) mass is 299 g/mol.